The van der Waals surface area contributed by atoms with Crippen LogP contribution in [0.3, 0.4) is 0 Å². The van der Waals surface area contributed by atoms with E-state index in [1.54, 1.807) is 0 Å². The van der Waals surface area contributed by atoms with E-state index < -0.39 is 24.7 Å². The monoisotopic (exact) mass is 267 g/mol. The highest BCUT2D eigenvalue weighted by Crippen LogP contribution is 2.23. The summed E-state index contributed by atoms with van der Waals surface area (Å²) in [7, 11) is 0. The summed E-state index contributed by atoms with van der Waals surface area (Å²) in [5.74, 6) is -3.69. The Labute approximate surface area is 88.2 Å². The van der Waals surface area contributed by atoms with Gasteiger partial charge in [0.1, 0.15) is 5.82 Å². The zero-order valence-electron chi connectivity index (χ0n) is 7.24. The van der Waals surface area contributed by atoms with Crippen LogP contribution in [0.15, 0.2) is 22.7 Å². The van der Waals surface area contributed by atoms with Crippen LogP contribution >= 0.6 is 15.9 Å². The number of rotatable bonds is 3. The molecule has 1 rings (SSSR count). The second-order valence-electron chi connectivity index (χ2n) is 2.97. The third-order valence-electron chi connectivity index (χ3n) is 1.76. The van der Waals surface area contributed by atoms with Crippen molar-refractivity contribution in [2.24, 2.45) is 5.73 Å². The van der Waals surface area contributed by atoms with Crippen LogP contribution in [-0.2, 0) is 6.42 Å². The van der Waals surface area contributed by atoms with E-state index in [9.17, 15) is 13.2 Å². The fourth-order valence-corrected chi connectivity index (χ4v) is 1.44. The van der Waals surface area contributed by atoms with E-state index in [2.05, 4.69) is 15.9 Å². The Kier molecular flexibility index (Phi) is 3.55. The molecule has 5 heteroatoms. The second kappa shape index (κ2) is 4.31. The van der Waals surface area contributed by atoms with E-state index in [1.165, 1.54) is 12.1 Å². The zero-order valence-corrected chi connectivity index (χ0v) is 8.82. The molecule has 0 spiro atoms. The van der Waals surface area contributed by atoms with Gasteiger partial charge >= 0.3 is 0 Å². The van der Waals surface area contributed by atoms with Crippen molar-refractivity contribution in [2.75, 3.05) is 6.54 Å². The fourth-order valence-electron chi connectivity index (χ4n) is 1.03. The lowest BCUT2D eigenvalue weighted by Crippen LogP contribution is -2.30. The summed E-state index contributed by atoms with van der Waals surface area (Å²) in [6, 6.07) is 3.93. The van der Waals surface area contributed by atoms with Crippen LogP contribution in [-0.4, -0.2) is 12.5 Å². The van der Waals surface area contributed by atoms with E-state index in [4.69, 9.17) is 5.73 Å². The van der Waals surface area contributed by atoms with Gasteiger partial charge in [0.05, 0.1) is 6.54 Å². The first kappa shape index (κ1) is 11.5. The van der Waals surface area contributed by atoms with E-state index in [1.807, 2.05) is 0 Å². The van der Waals surface area contributed by atoms with Gasteiger partial charge in [0, 0.05) is 10.9 Å². The topological polar surface area (TPSA) is 26.0 Å². The van der Waals surface area contributed by atoms with E-state index >= 15 is 0 Å². The van der Waals surface area contributed by atoms with Crippen LogP contribution in [0.4, 0.5) is 13.2 Å². The maximum atomic E-state index is 13.0. The molecule has 0 fully saturated rings. The van der Waals surface area contributed by atoms with Crippen LogP contribution in [0.25, 0.3) is 0 Å². The summed E-state index contributed by atoms with van der Waals surface area (Å²) in [4.78, 5) is 0. The Morgan fingerprint density at radius 3 is 2.57 bits per heavy atom. The smallest absolute Gasteiger partial charge is 0.264 e. The van der Waals surface area contributed by atoms with Crippen molar-refractivity contribution >= 4 is 15.9 Å². The molecule has 0 heterocycles. The summed E-state index contributed by atoms with van der Waals surface area (Å²) in [6.45, 7) is -0.779. The van der Waals surface area contributed by atoms with Crippen molar-refractivity contribution in [1.82, 2.24) is 0 Å². The van der Waals surface area contributed by atoms with Crippen molar-refractivity contribution in [2.45, 2.75) is 12.3 Å². The van der Waals surface area contributed by atoms with Gasteiger partial charge in [0.2, 0.25) is 0 Å². The highest BCUT2D eigenvalue weighted by Gasteiger charge is 2.28. The third-order valence-corrected chi connectivity index (χ3v) is 2.25. The number of hydrogen-bond donors (Lipinski definition) is 1. The lowest BCUT2D eigenvalue weighted by Gasteiger charge is -2.14. The van der Waals surface area contributed by atoms with Crippen LogP contribution < -0.4 is 5.73 Å². The standard InChI is InChI=1S/C9H9BrF3N/c10-7-1-2-8(11)6(3-7)4-9(12,13)5-14/h1-3H,4-5,14H2. The maximum absolute atomic E-state index is 13.0. The molecule has 0 saturated heterocycles. The molecule has 2 N–H and O–H groups in total. The molecule has 0 saturated carbocycles. The van der Waals surface area contributed by atoms with E-state index in [-0.39, 0.29) is 5.56 Å². The largest absolute Gasteiger partial charge is 0.325 e. The van der Waals surface area contributed by atoms with Crippen molar-refractivity contribution in [3.05, 3.63) is 34.1 Å². The Balaban J connectivity index is 2.91. The quantitative estimate of drug-likeness (QED) is 0.896. The van der Waals surface area contributed by atoms with Crippen molar-refractivity contribution in [3.8, 4) is 0 Å². The molecule has 0 atom stereocenters. The van der Waals surface area contributed by atoms with Gasteiger partial charge in [-0.2, -0.15) is 0 Å². The van der Waals surface area contributed by atoms with E-state index in [0.717, 1.165) is 6.07 Å². The van der Waals surface area contributed by atoms with Gasteiger partial charge in [-0.05, 0) is 23.8 Å². The average Bonchev–Trinajstić information content (AvgIpc) is 2.11. The summed E-state index contributed by atoms with van der Waals surface area (Å²) in [5, 5.41) is 0. The molecule has 0 bridgehead atoms. The number of halogens is 4. The molecular weight excluding hydrogens is 259 g/mol. The number of nitrogens with two attached hydrogens (primary N) is 1. The molecule has 0 aliphatic rings. The summed E-state index contributed by atoms with van der Waals surface area (Å²) < 4.78 is 39.3. The summed E-state index contributed by atoms with van der Waals surface area (Å²) in [6.07, 6.45) is -0.672. The van der Waals surface area contributed by atoms with Crippen molar-refractivity contribution in [1.29, 1.82) is 0 Å². The number of benzene rings is 1. The highest BCUT2D eigenvalue weighted by atomic mass is 79.9. The van der Waals surface area contributed by atoms with Gasteiger partial charge in [0.25, 0.3) is 5.92 Å². The molecule has 78 valence electrons. The minimum atomic E-state index is -3.05. The van der Waals surface area contributed by atoms with Crippen molar-refractivity contribution < 1.29 is 13.2 Å². The maximum Gasteiger partial charge on any atom is 0.264 e. The van der Waals surface area contributed by atoms with Gasteiger partial charge in [-0.3, -0.25) is 0 Å². The summed E-state index contributed by atoms with van der Waals surface area (Å²) in [5.41, 5.74) is 4.83. The molecule has 0 aromatic heterocycles. The first-order valence-corrected chi connectivity index (χ1v) is 4.76. The fraction of sp³-hybridized carbons (Fsp3) is 0.333. The predicted octanol–water partition coefficient (Wildman–Crippen LogP) is 2.72. The third kappa shape index (κ3) is 2.99. The van der Waals surface area contributed by atoms with Crippen LogP contribution in [0, 0.1) is 5.82 Å². The number of hydrogen-bond acceptors (Lipinski definition) is 1. The van der Waals surface area contributed by atoms with Gasteiger partial charge in [0.15, 0.2) is 0 Å². The van der Waals surface area contributed by atoms with Crippen LogP contribution in [0.1, 0.15) is 5.56 Å². The SMILES string of the molecule is NCC(F)(F)Cc1cc(Br)ccc1F. The van der Waals surface area contributed by atoms with Gasteiger partial charge in [-0.25, -0.2) is 13.2 Å². The number of alkyl halides is 2. The molecule has 1 aromatic carbocycles. The van der Waals surface area contributed by atoms with Crippen LogP contribution in [0.2, 0.25) is 0 Å². The summed E-state index contributed by atoms with van der Waals surface area (Å²) >= 11 is 3.08. The minimum Gasteiger partial charge on any atom is -0.325 e. The first-order chi connectivity index (χ1) is 6.44. The normalized spacial score (nSPS) is 11.8. The molecule has 0 aliphatic carbocycles. The molecule has 0 unspecified atom stereocenters. The second-order valence-corrected chi connectivity index (χ2v) is 3.89. The molecule has 0 amide bonds. The molecular formula is C9H9BrF3N. The Bertz CT molecular complexity index is 328. The Morgan fingerprint density at radius 1 is 1.36 bits per heavy atom. The lowest BCUT2D eigenvalue weighted by atomic mass is 10.1. The Hall–Kier alpha value is -0.550. The molecule has 1 nitrogen and oxygen atoms in total. The van der Waals surface area contributed by atoms with Gasteiger partial charge < -0.3 is 5.73 Å². The molecule has 1 aromatic rings. The molecule has 14 heavy (non-hydrogen) atoms. The Morgan fingerprint density at radius 2 is 2.00 bits per heavy atom. The molecule has 0 aliphatic heterocycles. The van der Waals surface area contributed by atoms with Gasteiger partial charge in [-0.15, -0.1) is 0 Å². The first-order valence-electron chi connectivity index (χ1n) is 3.96. The average molecular weight is 268 g/mol. The van der Waals surface area contributed by atoms with E-state index in [0.29, 0.717) is 4.47 Å². The van der Waals surface area contributed by atoms with Crippen LogP contribution in [0.5, 0.6) is 0 Å². The lowest BCUT2D eigenvalue weighted by molar-refractivity contribution is 0.0107. The zero-order chi connectivity index (χ0) is 10.8. The predicted molar refractivity (Wildman–Crippen MR) is 51.8 cm³/mol. The minimum absolute atomic E-state index is 0.0326. The van der Waals surface area contributed by atoms with Crippen molar-refractivity contribution in [3.63, 3.8) is 0 Å². The highest BCUT2D eigenvalue weighted by molar-refractivity contribution is 9.10. The molecule has 0 radical (unpaired) electrons. The van der Waals surface area contributed by atoms with Gasteiger partial charge in [-0.1, -0.05) is 15.9 Å².